The first-order chi connectivity index (χ1) is 13.2. The van der Waals surface area contributed by atoms with Gasteiger partial charge in [-0.15, -0.1) is 0 Å². The molecule has 3 aromatic heterocycles. The lowest BCUT2D eigenvalue weighted by Gasteiger charge is -2.16. The standard InChI is InChI=1S/C20H19N5O2/c1-27-18-6-2-4-15-14(18)10-17(23-15)20(26)24-9-7-13(11-24)25-12-22-16-5-3-8-21-19(16)25/h2-6,8,10,12-13,23H,7,9,11H2,1H3. The Bertz CT molecular complexity index is 1150. The van der Waals surface area contributed by atoms with Crippen molar-refractivity contribution >= 4 is 28.0 Å². The topological polar surface area (TPSA) is 76.0 Å². The average Bonchev–Trinajstić information content (AvgIpc) is 3.43. The van der Waals surface area contributed by atoms with Crippen molar-refractivity contribution in [3.63, 3.8) is 0 Å². The van der Waals surface area contributed by atoms with Crippen molar-refractivity contribution in [2.75, 3.05) is 20.2 Å². The third kappa shape index (κ3) is 2.54. The molecule has 1 aliphatic heterocycles. The molecule has 7 heteroatoms. The van der Waals surface area contributed by atoms with E-state index >= 15 is 0 Å². The number of aromatic nitrogens is 4. The first-order valence-corrected chi connectivity index (χ1v) is 8.97. The Morgan fingerprint density at radius 2 is 2.19 bits per heavy atom. The highest BCUT2D eigenvalue weighted by molar-refractivity contribution is 5.99. The smallest absolute Gasteiger partial charge is 0.270 e. The number of rotatable bonds is 3. The van der Waals surface area contributed by atoms with Gasteiger partial charge in [-0.3, -0.25) is 4.79 Å². The van der Waals surface area contributed by atoms with Gasteiger partial charge in [0.1, 0.15) is 17.0 Å². The summed E-state index contributed by atoms with van der Waals surface area (Å²) in [5.41, 5.74) is 3.24. The number of carbonyl (C=O) groups is 1. The lowest BCUT2D eigenvalue weighted by molar-refractivity contribution is 0.0783. The van der Waals surface area contributed by atoms with Crippen molar-refractivity contribution in [1.82, 2.24) is 24.4 Å². The summed E-state index contributed by atoms with van der Waals surface area (Å²) < 4.78 is 7.47. The minimum Gasteiger partial charge on any atom is -0.496 e. The highest BCUT2D eigenvalue weighted by Gasteiger charge is 2.30. The van der Waals surface area contributed by atoms with Gasteiger partial charge in [0.05, 0.1) is 19.5 Å². The Hall–Kier alpha value is -3.35. The normalized spacial score (nSPS) is 17.1. The Morgan fingerprint density at radius 1 is 1.26 bits per heavy atom. The monoisotopic (exact) mass is 361 g/mol. The van der Waals surface area contributed by atoms with Gasteiger partial charge < -0.3 is 19.2 Å². The van der Waals surface area contributed by atoms with Crippen molar-refractivity contribution in [2.24, 2.45) is 0 Å². The molecule has 1 aliphatic rings. The van der Waals surface area contributed by atoms with Gasteiger partial charge in [0.25, 0.3) is 5.91 Å². The van der Waals surface area contributed by atoms with Crippen molar-refractivity contribution in [3.8, 4) is 5.75 Å². The van der Waals surface area contributed by atoms with Gasteiger partial charge >= 0.3 is 0 Å². The van der Waals surface area contributed by atoms with Gasteiger partial charge in [0.15, 0.2) is 5.65 Å². The summed E-state index contributed by atoms with van der Waals surface area (Å²) in [6.45, 7) is 1.36. The molecule has 0 saturated carbocycles. The fourth-order valence-electron chi connectivity index (χ4n) is 3.88. The van der Waals surface area contributed by atoms with Crippen LogP contribution in [0.2, 0.25) is 0 Å². The fourth-order valence-corrected chi connectivity index (χ4v) is 3.88. The van der Waals surface area contributed by atoms with Gasteiger partial charge in [-0.25, -0.2) is 9.97 Å². The number of hydrogen-bond donors (Lipinski definition) is 1. The summed E-state index contributed by atoms with van der Waals surface area (Å²) >= 11 is 0. The number of hydrogen-bond acceptors (Lipinski definition) is 4. The molecule has 1 N–H and O–H groups in total. The van der Waals surface area contributed by atoms with Gasteiger partial charge in [-0.2, -0.15) is 0 Å². The quantitative estimate of drug-likeness (QED) is 0.609. The summed E-state index contributed by atoms with van der Waals surface area (Å²) in [7, 11) is 1.64. The van der Waals surface area contributed by atoms with Gasteiger partial charge in [-0.05, 0) is 36.8 Å². The van der Waals surface area contributed by atoms with Crippen LogP contribution in [0.15, 0.2) is 48.9 Å². The van der Waals surface area contributed by atoms with E-state index in [1.807, 2.05) is 47.6 Å². The second-order valence-corrected chi connectivity index (χ2v) is 6.80. The molecule has 4 aromatic rings. The maximum Gasteiger partial charge on any atom is 0.270 e. The van der Waals surface area contributed by atoms with Crippen LogP contribution in [0, 0.1) is 0 Å². The maximum atomic E-state index is 13.0. The highest BCUT2D eigenvalue weighted by Crippen LogP contribution is 2.29. The molecule has 0 radical (unpaired) electrons. The van der Waals surface area contributed by atoms with E-state index in [0.29, 0.717) is 18.8 Å². The number of aromatic amines is 1. The molecule has 7 nitrogen and oxygen atoms in total. The molecular formula is C20H19N5O2. The third-order valence-electron chi connectivity index (χ3n) is 5.25. The summed E-state index contributed by atoms with van der Waals surface area (Å²) in [6, 6.07) is 11.7. The highest BCUT2D eigenvalue weighted by atomic mass is 16.5. The molecule has 0 aliphatic carbocycles. The van der Waals surface area contributed by atoms with Gasteiger partial charge in [0.2, 0.25) is 0 Å². The van der Waals surface area contributed by atoms with Crippen LogP contribution < -0.4 is 4.74 Å². The number of nitrogens with zero attached hydrogens (tertiary/aromatic N) is 4. The molecular weight excluding hydrogens is 342 g/mol. The summed E-state index contributed by atoms with van der Waals surface area (Å²) in [4.78, 5) is 27.0. The van der Waals surface area contributed by atoms with Crippen LogP contribution in [0.3, 0.4) is 0 Å². The van der Waals surface area contributed by atoms with Crippen molar-refractivity contribution in [3.05, 3.63) is 54.6 Å². The molecule has 5 rings (SSSR count). The number of amides is 1. The van der Waals surface area contributed by atoms with Crippen LogP contribution in [0.4, 0.5) is 0 Å². The molecule has 1 aromatic carbocycles. The maximum absolute atomic E-state index is 13.0. The number of nitrogens with one attached hydrogen (secondary N) is 1. The minimum atomic E-state index is 0.00753. The van der Waals surface area contributed by atoms with Crippen LogP contribution in [-0.4, -0.2) is 50.5 Å². The minimum absolute atomic E-state index is 0.00753. The first kappa shape index (κ1) is 15.9. The van der Waals surface area contributed by atoms with E-state index in [0.717, 1.165) is 34.2 Å². The van der Waals surface area contributed by atoms with E-state index in [9.17, 15) is 4.79 Å². The molecule has 0 bridgehead atoms. The zero-order valence-corrected chi connectivity index (χ0v) is 14.9. The van der Waals surface area contributed by atoms with Crippen LogP contribution in [0.25, 0.3) is 22.1 Å². The van der Waals surface area contributed by atoms with Crippen molar-refractivity contribution < 1.29 is 9.53 Å². The molecule has 1 unspecified atom stereocenters. The molecule has 1 fully saturated rings. The van der Waals surface area contributed by atoms with Crippen LogP contribution in [0.5, 0.6) is 5.75 Å². The number of pyridine rings is 1. The zero-order valence-electron chi connectivity index (χ0n) is 14.9. The Labute approximate surface area is 155 Å². The summed E-state index contributed by atoms with van der Waals surface area (Å²) in [5.74, 6) is 0.770. The Kier molecular flexibility index (Phi) is 3.60. The number of likely N-dealkylation sites (tertiary alicyclic amines) is 1. The number of H-pyrrole nitrogens is 1. The van der Waals surface area contributed by atoms with E-state index in [-0.39, 0.29) is 11.9 Å². The molecule has 27 heavy (non-hydrogen) atoms. The molecule has 1 saturated heterocycles. The average molecular weight is 361 g/mol. The molecule has 0 spiro atoms. The zero-order chi connectivity index (χ0) is 18.4. The lowest BCUT2D eigenvalue weighted by atomic mass is 10.2. The SMILES string of the molecule is COc1cccc2[nH]c(C(=O)N3CCC(n4cnc5cccnc54)C3)cc12. The van der Waals surface area contributed by atoms with E-state index in [1.165, 1.54) is 0 Å². The predicted molar refractivity (Wildman–Crippen MR) is 102 cm³/mol. The summed E-state index contributed by atoms with van der Waals surface area (Å²) in [6.07, 6.45) is 4.48. The van der Waals surface area contributed by atoms with E-state index in [4.69, 9.17) is 4.74 Å². The Balaban J connectivity index is 1.41. The number of carbonyl (C=O) groups excluding carboxylic acids is 1. The largest absolute Gasteiger partial charge is 0.496 e. The van der Waals surface area contributed by atoms with E-state index in [2.05, 4.69) is 19.5 Å². The van der Waals surface area contributed by atoms with Crippen molar-refractivity contribution in [2.45, 2.75) is 12.5 Å². The van der Waals surface area contributed by atoms with E-state index < -0.39 is 0 Å². The van der Waals surface area contributed by atoms with Crippen LogP contribution in [0.1, 0.15) is 23.0 Å². The van der Waals surface area contributed by atoms with Crippen molar-refractivity contribution in [1.29, 1.82) is 0 Å². The second-order valence-electron chi connectivity index (χ2n) is 6.80. The predicted octanol–water partition coefficient (Wildman–Crippen LogP) is 3.01. The lowest BCUT2D eigenvalue weighted by Crippen LogP contribution is -2.29. The number of imidazole rings is 1. The third-order valence-corrected chi connectivity index (χ3v) is 5.25. The van der Waals surface area contributed by atoms with E-state index in [1.54, 1.807) is 13.3 Å². The Morgan fingerprint density at radius 3 is 3.07 bits per heavy atom. The number of ether oxygens (including phenoxy) is 1. The second kappa shape index (κ2) is 6.12. The number of methoxy groups -OCH3 is 1. The van der Waals surface area contributed by atoms with Gasteiger partial charge in [0, 0.05) is 30.2 Å². The number of fused-ring (bicyclic) bond motifs is 2. The first-order valence-electron chi connectivity index (χ1n) is 8.97. The summed E-state index contributed by atoms with van der Waals surface area (Å²) in [5, 5.41) is 0.920. The molecule has 4 heterocycles. The van der Waals surface area contributed by atoms with Crippen LogP contribution in [-0.2, 0) is 0 Å². The molecule has 1 amide bonds. The number of benzene rings is 1. The fraction of sp³-hybridized carbons (Fsp3) is 0.250. The molecule has 136 valence electrons. The molecule has 1 atom stereocenters. The van der Waals surface area contributed by atoms with Crippen LogP contribution >= 0.6 is 0 Å². The van der Waals surface area contributed by atoms with Gasteiger partial charge in [-0.1, -0.05) is 6.07 Å².